The maximum Gasteiger partial charge on any atom is 0.215 e. The van der Waals surface area contributed by atoms with Crippen LogP contribution in [-0.4, -0.2) is 65.1 Å². The van der Waals surface area contributed by atoms with Gasteiger partial charge >= 0.3 is 0 Å². The molecule has 0 aromatic heterocycles. The summed E-state index contributed by atoms with van der Waals surface area (Å²) in [5.74, 6) is -0.346. The molecule has 0 spiro atoms. The zero-order valence-corrected chi connectivity index (χ0v) is 11.7. The third-order valence-corrected chi connectivity index (χ3v) is 6.50. The van der Waals surface area contributed by atoms with Gasteiger partial charge in [-0.3, -0.25) is 0 Å². The van der Waals surface area contributed by atoms with Gasteiger partial charge in [-0.05, 0) is 12.8 Å². The highest BCUT2D eigenvalue weighted by molar-refractivity contribution is 7.95. The molecule has 0 radical (unpaired) electrons. The quantitative estimate of drug-likeness (QED) is 0.528. The monoisotopic (exact) mass is 301 g/mol. The van der Waals surface area contributed by atoms with Crippen LogP contribution < -0.4 is 4.72 Å². The van der Waals surface area contributed by atoms with Gasteiger partial charge in [-0.25, -0.2) is 21.6 Å². The summed E-state index contributed by atoms with van der Waals surface area (Å²) in [6.07, 6.45) is 0.650. The second-order valence-electron chi connectivity index (χ2n) is 4.15. The van der Waals surface area contributed by atoms with Gasteiger partial charge in [0.05, 0.1) is 30.0 Å². The fourth-order valence-electron chi connectivity index (χ4n) is 1.68. The number of ether oxygens (including phenoxy) is 1. The molecule has 1 heterocycles. The largest absolute Gasteiger partial charge is 0.394 e. The lowest BCUT2D eigenvalue weighted by Gasteiger charge is -2.11. The first kappa shape index (κ1) is 15.8. The van der Waals surface area contributed by atoms with E-state index in [1.807, 2.05) is 0 Å². The van der Waals surface area contributed by atoms with Crippen LogP contribution in [0.25, 0.3) is 0 Å². The summed E-state index contributed by atoms with van der Waals surface area (Å²) in [5, 5.41) is 7.62. The summed E-state index contributed by atoms with van der Waals surface area (Å²) in [6, 6.07) is 0. The predicted octanol–water partition coefficient (Wildman–Crippen LogP) is -1.51. The van der Waals surface area contributed by atoms with Gasteiger partial charge in [-0.1, -0.05) is 0 Å². The Kier molecular flexibility index (Phi) is 5.99. The van der Waals surface area contributed by atoms with Gasteiger partial charge in [0.2, 0.25) is 10.0 Å². The van der Waals surface area contributed by atoms with Crippen molar-refractivity contribution in [1.82, 2.24) is 4.72 Å². The number of aliphatic hydroxyl groups excluding tert-OH is 1. The molecule has 0 aromatic carbocycles. The Hall–Kier alpha value is -0.220. The first-order chi connectivity index (χ1) is 8.37. The lowest BCUT2D eigenvalue weighted by molar-refractivity contribution is 0.0913. The summed E-state index contributed by atoms with van der Waals surface area (Å²) in [7, 11) is -6.75. The van der Waals surface area contributed by atoms with Crippen molar-refractivity contribution in [3.05, 3.63) is 0 Å². The normalized spacial score (nSPS) is 23.3. The number of sulfonamides is 1. The SMILES string of the molecule is O=S1(=O)CCC(S(=O)(=O)NCCCOCCO)C1. The Morgan fingerprint density at radius 2 is 2.06 bits per heavy atom. The smallest absolute Gasteiger partial charge is 0.215 e. The van der Waals surface area contributed by atoms with Crippen molar-refractivity contribution in [3.8, 4) is 0 Å². The molecule has 1 rings (SSSR count). The van der Waals surface area contributed by atoms with E-state index in [2.05, 4.69) is 4.72 Å². The molecule has 7 nitrogen and oxygen atoms in total. The van der Waals surface area contributed by atoms with E-state index in [1.165, 1.54) is 0 Å². The van der Waals surface area contributed by atoms with E-state index in [0.29, 0.717) is 13.0 Å². The summed E-state index contributed by atoms with van der Waals surface area (Å²) in [5.41, 5.74) is 0. The first-order valence-electron chi connectivity index (χ1n) is 5.75. The van der Waals surface area contributed by atoms with Gasteiger partial charge in [-0.15, -0.1) is 0 Å². The van der Waals surface area contributed by atoms with Gasteiger partial charge in [0.1, 0.15) is 0 Å². The average Bonchev–Trinajstić information content (AvgIpc) is 2.65. The van der Waals surface area contributed by atoms with E-state index in [-0.39, 0.29) is 37.7 Å². The number of sulfone groups is 1. The molecule has 0 amide bonds. The van der Waals surface area contributed by atoms with Crippen LogP contribution in [0.1, 0.15) is 12.8 Å². The molecule has 0 aromatic rings. The molecule has 18 heavy (non-hydrogen) atoms. The van der Waals surface area contributed by atoms with Crippen molar-refractivity contribution >= 4 is 19.9 Å². The minimum Gasteiger partial charge on any atom is -0.394 e. The topological polar surface area (TPSA) is 110 Å². The maximum atomic E-state index is 11.8. The Bertz CT molecular complexity index is 444. The third-order valence-electron chi connectivity index (χ3n) is 2.63. The summed E-state index contributed by atoms with van der Waals surface area (Å²) in [4.78, 5) is 0. The highest BCUT2D eigenvalue weighted by Gasteiger charge is 2.36. The number of hydrogen-bond acceptors (Lipinski definition) is 6. The first-order valence-corrected chi connectivity index (χ1v) is 9.12. The van der Waals surface area contributed by atoms with Gasteiger partial charge in [-0.2, -0.15) is 0 Å². The van der Waals surface area contributed by atoms with Crippen LogP contribution >= 0.6 is 0 Å². The third kappa shape index (κ3) is 5.19. The van der Waals surface area contributed by atoms with Gasteiger partial charge in [0.15, 0.2) is 9.84 Å². The molecular weight excluding hydrogens is 282 g/mol. The van der Waals surface area contributed by atoms with Gasteiger partial charge < -0.3 is 9.84 Å². The molecule has 2 N–H and O–H groups in total. The standard InChI is InChI=1S/C9H19NO6S2/c11-4-6-16-5-1-3-10-18(14,15)9-2-7-17(12,13)8-9/h9-11H,1-8H2. The lowest BCUT2D eigenvalue weighted by Crippen LogP contribution is -2.36. The molecule has 9 heteroatoms. The number of hydrogen-bond donors (Lipinski definition) is 2. The zero-order chi connectivity index (χ0) is 13.6. The zero-order valence-electron chi connectivity index (χ0n) is 10.0. The van der Waals surface area contributed by atoms with Crippen LogP contribution in [0.15, 0.2) is 0 Å². The van der Waals surface area contributed by atoms with Crippen molar-refractivity contribution in [3.63, 3.8) is 0 Å². The maximum absolute atomic E-state index is 11.8. The molecular formula is C9H19NO6S2. The van der Waals surface area contributed by atoms with Crippen molar-refractivity contribution in [2.75, 3.05) is 37.9 Å². The predicted molar refractivity (Wildman–Crippen MR) is 66.5 cm³/mol. The van der Waals surface area contributed by atoms with E-state index in [0.717, 1.165) is 0 Å². The molecule has 1 atom stereocenters. The number of rotatable bonds is 8. The molecule has 108 valence electrons. The summed E-state index contributed by atoms with van der Waals surface area (Å²) >= 11 is 0. The molecule has 1 unspecified atom stereocenters. The van der Waals surface area contributed by atoms with Crippen LogP contribution in [0.2, 0.25) is 0 Å². The molecule has 1 aliphatic heterocycles. The molecule has 0 bridgehead atoms. The number of aliphatic hydroxyl groups is 1. The Morgan fingerprint density at radius 3 is 2.61 bits per heavy atom. The Morgan fingerprint density at radius 1 is 1.33 bits per heavy atom. The van der Waals surface area contributed by atoms with Crippen molar-refractivity contribution in [2.24, 2.45) is 0 Å². The van der Waals surface area contributed by atoms with Crippen molar-refractivity contribution in [2.45, 2.75) is 18.1 Å². The summed E-state index contributed by atoms with van der Waals surface area (Å²) in [6.45, 7) is 0.732. The number of nitrogens with one attached hydrogen (secondary N) is 1. The van der Waals surface area contributed by atoms with Crippen LogP contribution in [0.4, 0.5) is 0 Å². The fraction of sp³-hybridized carbons (Fsp3) is 1.00. The van der Waals surface area contributed by atoms with E-state index in [4.69, 9.17) is 9.84 Å². The minimum absolute atomic E-state index is 0.0574. The summed E-state index contributed by atoms with van der Waals surface area (Å²) < 4.78 is 53.3. The second-order valence-corrected chi connectivity index (χ2v) is 8.43. The molecule has 1 saturated heterocycles. The van der Waals surface area contributed by atoms with Crippen LogP contribution in [-0.2, 0) is 24.6 Å². The van der Waals surface area contributed by atoms with Crippen molar-refractivity contribution < 1.29 is 26.7 Å². The average molecular weight is 301 g/mol. The van der Waals surface area contributed by atoms with Crippen LogP contribution in [0, 0.1) is 0 Å². The highest BCUT2D eigenvalue weighted by Crippen LogP contribution is 2.17. The molecule has 1 fully saturated rings. The Labute approximate surface area is 107 Å². The lowest BCUT2D eigenvalue weighted by atomic mass is 10.4. The fourth-order valence-corrected chi connectivity index (χ4v) is 5.80. The van der Waals surface area contributed by atoms with Crippen LogP contribution in [0.3, 0.4) is 0 Å². The highest BCUT2D eigenvalue weighted by atomic mass is 32.2. The van der Waals surface area contributed by atoms with Gasteiger partial charge in [0, 0.05) is 13.2 Å². The molecule has 1 aliphatic rings. The Balaban J connectivity index is 2.28. The van der Waals surface area contributed by atoms with E-state index >= 15 is 0 Å². The van der Waals surface area contributed by atoms with Gasteiger partial charge in [0.25, 0.3) is 0 Å². The molecule has 0 aliphatic carbocycles. The van der Waals surface area contributed by atoms with E-state index < -0.39 is 25.1 Å². The van der Waals surface area contributed by atoms with Crippen molar-refractivity contribution in [1.29, 1.82) is 0 Å². The van der Waals surface area contributed by atoms with E-state index in [9.17, 15) is 16.8 Å². The van der Waals surface area contributed by atoms with E-state index in [1.54, 1.807) is 0 Å². The molecule has 0 saturated carbocycles. The second kappa shape index (κ2) is 6.80. The minimum atomic E-state index is -3.56. The van der Waals surface area contributed by atoms with Crippen LogP contribution in [0.5, 0.6) is 0 Å².